The fourth-order valence-electron chi connectivity index (χ4n) is 4.45. The SMILES string of the molecule is O=C(CCN1C(=O)C2CC=CCC2C1=O)N1CCN(S(=O)(=O)c2cc(F)ccc2F)CC1. The maximum absolute atomic E-state index is 13.9. The van der Waals surface area contributed by atoms with E-state index in [2.05, 4.69) is 0 Å². The predicted molar refractivity (Wildman–Crippen MR) is 108 cm³/mol. The molecule has 172 valence electrons. The van der Waals surface area contributed by atoms with Crippen molar-refractivity contribution in [3.63, 3.8) is 0 Å². The highest BCUT2D eigenvalue weighted by molar-refractivity contribution is 7.89. The molecule has 4 rings (SSSR count). The van der Waals surface area contributed by atoms with Crippen LogP contribution in [0.3, 0.4) is 0 Å². The number of fused-ring (bicyclic) bond motifs is 1. The highest BCUT2D eigenvalue weighted by Crippen LogP contribution is 2.35. The molecule has 11 heteroatoms. The molecule has 0 aromatic heterocycles. The number of carbonyl (C=O) groups is 3. The molecule has 1 aromatic carbocycles. The molecule has 0 bridgehead atoms. The Labute approximate surface area is 184 Å². The van der Waals surface area contributed by atoms with Crippen LogP contribution >= 0.6 is 0 Å². The van der Waals surface area contributed by atoms with Gasteiger partial charge in [0.1, 0.15) is 16.5 Å². The number of carbonyl (C=O) groups excluding carboxylic acids is 3. The molecule has 0 N–H and O–H groups in total. The lowest BCUT2D eigenvalue weighted by Gasteiger charge is -2.34. The number of rotatable bonds is 5. The van der Waals surface area contributed by atoms with Crippen molar-refractivity contribution in [2.45, 2.75) is 24.2 Å². The molecule has 1 aromatic rings. The molecule has 1 aliphatic carbocycles. The van der Waals surface area contributed by atoms with E-state index in [-0.39, 0.29) is 68.7 Å². The Hall–Kier alpha value is -2.66. The number of imide groups is 1. The van der Waals surface area contributed by atoms with Crippen LogP contribution < -0.4 is 0 Å². The Morgan fingerprint density at radius 3 is 2.16 bits per heavy atom. The number of halogens is 2. The Morgan fingerprint density at radius 1 is 0.969 bits per heavy atom. The van der Waals surface area contributed by atoms with Crippen molar-refractivity contribution >= 4 is 27.7 Å². The van der Waals surface area contributed by atoms with Crippen LogP contribution in [0.25, 0.3) is 0 Å². The fraction of sp³-hybridized carbons (Fsp3) is 0.476. The van der Waals surface area contributed by atoms with Gasteiger partial charge in [0.25, 0.3) is 0 Å². The summed E-state index contributed by atoms with van der Waals surface area (Å²) in [6.45, 7) is 0.0114. The molecule has 2 aliphatic heterocycles. The van der Waals surface area contributed by atoms with Gasteiger partial charge in [-0.25, -0.2) is 17.2 Å². The van der Waals surface area contributed by atoms with E-state index in [0.717, 1.165) is 21.3 Å². The van der Waals surface area contributed by atoms with Crippen LogP contribution in [0, 0.1) is 23.5 Å². The van der Waals surface area contributed by atoms with Crippen molar-refractivity contribution in [2.24, 2.45) is 11.8 Å². The minimum absolute atomic E-state index is 0.00346. The zero-order chi connectivity index (χ0) is 23.0. The highest BCUT2D eigenvalue weighted by atomic mass is 32.2. The lowest BCUT2D eigenvalue weighted by atomic mass is 9.85. The zero-order valence-corrected chi connectivity index (χ0v) is 18.1. The number of sulfonamides is 1. The molecule has 2 unspecified atom stereocenters. The largest absolute Gasteiger partial charge is 0.340 e. The van der Waals surface area contributed by atoms with Gasteiger partial charge in [0.2, 0.25) is 27.7 Å². The van der Waals surface area contributed by atoms with Gasteiger partial charge in [0.05, 0.1) is 11.8 Å². The van der Waals surface area contributed by atoms with Crippen LogP contribution in [-0.4, -0.2) is 73.0 Å². The molecular weight excluding hydrogens is 444 g/mol. The number of hydrogen-bond acceptors (Lipinski definition) is 5. The molecule has 2 atom stereocenters. The fourth-order valence-corrected chi connectivity index (χ4v) is 5.94. The summed E-state index contributed by atoms with van der Waals surface area (Å²) in [4.78, 5) is 39.5. The minimum Gasteiger partial charge on any atom is -0.340 e. The third kappa shape index (κ3) is 4.06. The van der Waals surface area contributed by atoms with Crippen LogP contribution in [-0.2, 0) is 24.4 Å². The molecule has 2 heterocycles. The number of benzene rings is 1. The maximum Gasteiger partial charge on any atom is 0.246 e. The van der Waals surface area contributed by atoms with E-state index in [4.69, 9.17) is 0 Å². The summed E-state index contributed by atoms with van der Waals surface area (Å²) >= 11 is 0. The number of nitrogens with zero attached hydrogens (tertiary/aromatic N) is 3. The molecular formula is C21H23F2N3O5S. The van der Waals surface area contributed by atoms with Gasteiger partial charge in [-0.05, 0) is 31.0 Å². The number of piperazine rings is 1. The van der Waals surface area contributed by atoms with Crippen LogP contribution in [0.15, 0.2) is 35.2 Å². The van der Waals surface area contributed by atoms with Gasteiger partial charge in [-0.15, -0.1) is 0 Å². The van der Waals surface area contributed by atoms with Crippen molar-refractivity contribution in [2.75, 3.05) is 32.7 Å². The zero-order valence-electron chi connectivity index (χ0n) is 17.2. The monoisotopic (exact) mass is 467 g/mol. The van der Waals surface area contributed by atoms with Crippen molar-refractivity contribution in [1.29, 1.82) is 0 Å². The number of hydrogen-bond donors (Lipinski definition) is 0. The molecule has 3 aliphatic rings. The van der Waals surface area contributed by atoms with Crippen molar-refractivity contribution < 1.29 is 31.6 Å². The Kier molecular flexibility index (Phi) is 6.13. The molecule has 0 saturated carbocycles. The average molecular weight is 467 g/mol. The summed E-state index contributed by atoms with van der Waals surface area (Å²) in [5, 5.41) is 0. The lowest BCUT2D eigenvalue weighted by molar-refractivity contribution is -0.141. The van der Waals surface area contributed by atoms with E-state index < -0.39 is 26.6 Å². The van der Waals surface area contributed by atoms with E-state index in [1.165, 1.54) is 4.90 Å². The summed E-state index contributed by atoms with van der Waals surface area (Å²) in [5.41, 5.74) is 0. The number of likely N-dealkylation sites (tertiary alicyclic amines) is 1. The van der Waals surface area contributed by atoms with E-state index in [9.17, 15) is 31.6 Å². The average Bonchev–Trinajstić information content (AvgIpc) is 3.03. The standard InChI is InChI=1S/C21H23F2N3O5S/c22-14-5-6-17(23)18(13-14)32(30,31)25-11-9-24(10-12-25)19(27)7-8-26-20(28)15-3-1-2-4-16(15)21(26)29/h1-2,5-6,13,15-16H,3-4,7-12H2. The predicted octanol–water partition coefficient (Wildman–Crippen LogP) is 1.14. The molecule has 3 amide bonds. The van der Waals surface area contributed by atoms with Gasteiger partial charge >= 0.3 is 0 Å². The van der Waals surface area contributed by atoms with Crippen LogP contribution in [0.4, 0.5) is 8.78 Å². The second-order valence-electron chi connectivity index (χ2n) is 8.09. The second-order valence-corrected chi connectivity index (χ2v) is 10.00. The first kappa shape index (κ1) is 22.5. The van der Waals surface area contributed by atoms with E-state index in [0.29, 0.717) is 18.9 Å². The van der Waals surface area contributed by atoms with E-state index in [1.807, 2.05) is 12.2 Å². The van der Waals surface area contributed by atoms with E-state index in [1.54, 1.807) is 0 Å². The van der Waals surface area contributed by atoms with Crippen molar-refractivity contribution in [3.05, 3.63) is 42.0 Å². The van der Waals surface area contributed by atoms with Gasteiger partial charge in [-0.2, -0.15) is 4.31 Å². The summed E-state index contributed by atoms with van der Waals surface area (Å²) in [7, 11) is -4.24. The molecule has 8 nitrogen and oxygen atoms in total. The minimum atomic E-state index is -4.24. The molecule has 32 heavy (non-hydrogen) atoms. The first-order chi connectivity index (χ1) is 15.2. The normalized spacial score (nSPS) is 24.2. The summed E-state index contributed by atoms with van der Waals surface area (Å²) < 4.78 is 53.7. The molecule has 2 fully saturated rings. The van der Waals surface area contributed by atoms with Gasteiger partial charge in [-0.3, -0.25) is 19.3 Å². The summed E-state index contributed by atoms with van der Waals surface area (Å²) in [5.74, 6) is -3.39. The third-order valence-corrected chi connectivity index (χ3v) is 8.16. The van der Waals surface area contributed by atoms with Gasteiger partial charge < -0.3 is 4.90 Å². The quantitative estimate of drug-likeness (QED) is 0.478. The van der Waals surface area contributed by atoms with Crippen molar-refractivity contribution in [3.8, 4) is 0 Å². The first-order valence-corrected chi connectivity index (χ1v) is 11.9. The smallest absolute Gasteiger partial charge is 0.246 e. The summed E-state index contributed by atoms with van der Waals surface area (Å²) in [6, 6.07) is 2.24. The Balaban J connectivity index is 1.33. The highest BCUT2D eigenvalue weighted by Gasteiger charge is 2.47. The van der Waals surface area contributed by atoms with Crippen LogP contribution in [0.1, 0.15) is 19.3 Å². The Morgan fingerprint density at radius 2 is 1.56 bits per heavy atom. The van der Waals surface area contributed by atoms with Crippen LogP contribution in [0.2, 0.25) is 0 Å². The molecule has 0 spiro atoms. The third-order valence-electron chi connectivity index (χ3n) is 6.25. The summed E-state index contributed by atoms with van der Waals surface area (Å²) in [6.07, 6.45) is 4.80. The van der Waals surface area contributed by atoms with Crippen molar-refractivity contribution in [1.82, 2.24) is 14.1 Å². The first-order valence-electron chi connectivity index (χ1n) is 10.4. The van der Waals surface area contributed by atoms with Crippen LogP contribution in [0.5, 0.6) is 0 Å². The second kappa shape index (κ2) is 8.70. The topological polar surface area (TPSA) is 95.1 Å². The van der Waals surface area contributed by atoms with Gasteiger partial charge in [0, 0.05) is 39.1 Å². The molecule has 0 radical (unpaired) electrons. The Bertz CT molecular complexity index is 1060. The number of allylic oxidation sites excluding steroid dienone is 2. The lowest BCUT2D eigenvalue weighted by Crippen LogP contribution is -2.51. The van der Waals surface area contributed by atoms with Gasteiger partial charge in [-0.1, -0.05) is 12.2 Å². The molecule has 2 saturated heterocycles. The maximum atomic E-state index is 13.9. The van der Waals surface area contributed by atoms with Gasteiger partial charge in [0.15, 0.2) is 0 Å². The van der Waals surface area contributed by atoms with E-state index >= 15 is 0 Å². The number of amides is 3.